The summed E-state index contributed by atoms with van der Waals surface area (Å²) in [7, 11) is 0. The molecular weight excluding hydrogens is 334 g/mol. The number of hydrogen-bond donors (Lipinski definition) is 2. The molecule has 0 saturated carbocycles. The lowest BCUT2D eigenvalue weighted by Gasteiger charge is -2.23. The number of carbonyl (C=O) groups excluding carboxylic acids is 1. The highest BCUT2D eigenvalue weighted by atomic mass is 16.5. The Bertz CT molecular complexity index is 794. The largest absolute Gasteiger partial charge is 0.490 e. The van der Waals surface area contributed by atoms with Gasteiger partial charge in [-0.1, -0.05) is 6.07 Å². The third-order valence-corrected chi connectivity index (χ3v) is 4.31. The number of carboxylic acid groups (broad SMARTS) is 1. The maximum absolute atomic E-state index is 12.4. The maximum atomic E-state index is 12.4. The van der Waals surface area contributed by atoms with Crippen LogP contribution in [-0.2, 0) is 4.74 Å². The van der Waals surface area contributed by atoms with E-state index in [1.54, 1.807) is 43.3 Å². The molecule has 0 spiro atoms. The number of carbonyl (C=O) groups is 2. The van der Waals surface area contributed by atoms with E-state index in [2.05, 4.69) is 5.32 Å². The highest BCUT2D eigenvalue weighted by Gasteiger charge is 2.16. The van der Waals surface area contributed by atoms with E-state index in [0.717, 1.165) is 18.6 Å². The minimum Gasteiger partial charge on any atom is -0.490 e. The van der Waals surface area contributed by atoms with Crippen LogP contribution in [0.3, 0.4) is 0 Å². The van der Waals surface area contributed by atoms with Crippen LogP contribution in [0.1, 0.15) is 39.1 Å². The number of carboxylic acids is 1. The SMILES string of the molecule is Cc1ccc(NC(=O)c2ccc(OC3CCOCC3)cc2)cc1C(=O)O. The Morgan fingerprint density at radius 1 is 1.12 bits per heavy atom. The molecule has 2 N–H and O–H groups in total. The third-order valence-electron chi connectivity index (χ3n) is 4.31. The van der Waals surface area contributed by atoms with Gasteiger partial charge in [0, 0.05) is 24.1 Å². The average Bonchev–Trinajstić information content (AvgIpc) is 2.64. The zero-order valence-electron chi connectivity index (χ0n) is 14.5. The van der Waals surface area contributed by atoms with Gasteiger partial charge in [0.2, 0.25) is 0 Å². The van der Waals surface area contributed by atoms with Gasteiger partial charge in [0.1, 0.15) is 11.9 Å². The topological polar surface area (TPSA) is 84.9 Å². The van der Waals surface area contributed by atoms with Crippen LogP contribution in [0.4, 0.5) is 5.69 Å². The second kappa shape index (κ2) is 8.01. The van der Waals surface area contributed by atoms with Gasteiger partial charge in [-0.2, -0.15) is 0 Å². The number of rotatable bonds is 5. The van der Waals surface area contributed by atoms with Gasteiger partial charge in [-0.3, -0.25) is 4.79 Å². The molecule has 1 fully saturated rings. The van der Waals surface area contributed by atoms with Crippen LogP contribution >= 0.6 is 0 Å². The first kappa shape index (κ1) is 17.9. The Kier molecular flexibility index (Phi) is 5.53. The molecule has 0 unspecified atom stereocenters. The molecule has 1 aliphatic heterocycles. The predicted octanol–water partition coefficient (Wildman–Crippen LogP) is 3.50. The van der Waals surface area contributed by atoms with Crippen molar-refractivity contribution in [3.63, 3.8) is 0 Å². The summed E-state index contributed by atoms with van der Waals surface area (Å²) >= 11 is 0. The molecule has 136 valence electrons. The molecule has 26 heavy (non-hydrogen) atoms. The summed E-state index contributed by atoms with van der Waals surface area (Å²) in [6, 6.07) is 11.7. The molecule has 1 saturated heterocycles. The minimum absolute atomic E-state index is 0.144. The molecular formula is C20H21NO5. The van der Waals surface area contributed by atoms with Crippen LogP contribution in [0, 0.1) is 6.92 Å². The maximum Gasteiger partial charge on any atom is 0.336 e. The van der Waals surface area contributed by atoms with Crippen molar-refractivity contribution >= 4 is 17.6 Å². The van der Waals surface area contributed by atoms with Gasteiger partial charge >= 0.3 is 5.97 Å². The van der Waals surface area contributed by atoms with Gasteiger partial charge < -0.3 is 19.9 Å². The third kappa shape index (κ3) is 4.40. The van der Waals surface area contributed by atoms with E-state index in [4.69, 9.17) is 9.47 Å². The summed E-state index contributed by atoms with van der Waals surface area (Å²) in [4.78, 5) is 23.6. The Hall–Kier alpha value is -2.86. The molecule has 1 heterocycles. The molecule has 0 aliphatic carbocycles. The van der Waals surface area contributed by atoms with E-state index in [9.17, 15) is 14.7 Å². The molecule has 2 aromatic rings. The van der Waals surface area contributed by atoms with Crippen molar-refractivity contribution in [3.05, 3.63) is 59.2 Å². The summed E-state index contributed by atoms with van der Waals surface area (Å²) in [6.45, 7) is 3.13. The zero-order chi connectivity index (χ0) is 18.5. The van der Waals surface area contributed by atoms with Crippen LogP contribution in [0.2, 0.25) is 0 Å². The number of aromatic carboxylic acids is 1. The van der Waals surface area contributed by atoms with Gasteiger partial charge in [0.25, 0.3) is 5.91 Å². The quantitative estimate of drug-likeness (QED) is 0.857. The fourth-order valence-corrected chi connectivity index (χ4v) is 2.80. The van der Waals surface area contributed by atoms with Gasteiger partial charge in [0.05, 0.1) is 18.8 Å². The first-order chi connectivity index (χ1) is 12.5. The van der Waals surface area contributed by atoms with Crippen LogP contribution in [-0.4, -0.2) is 36.3 Å². The number of aryl methyl sites for hydroxylation is 1. The van der Waals surface area contributed by atoms with Gasteiger partial charge in [0.15, 0.2) is 0 Å². The van der Waals surface area contributed by atoms with Crippen LogP contribution < -0.4 is 10.1 Å². The van der Waals surface area contributed by atoms with Gasteiger partial charge in [-0.25, -0.2) is 4.79 Å². The zero-order valence-corrected chi connectivity index (χ0v) is 14.5. The number of ether oxygens (including phenoxy) is 2. The molecule has 6 nitrogen and oxygen atoms in total. The first-order valence-electron chi connectivity index (χ1n) is 8.52. The van der Waals surface area contributed by atoms with Crippen molar-refractivity contribution in [3.8, 4) is 5.75 Å². The molecule has 2 aromatic carbocycles. The van der Waals surface area contributed by atoms with Crippen molar-refractivity contribution < 1.29 is 24.2 Å². The van der Waals surface area contributed by atoms with Gasteiger partial charge in [-0.15, -0.1) is 0 Å². The van der Waals surface area contributed by atoms with E-state index in [1.807, 2.05) is 0 Å². The highest BCUT2D eigenvalue weighted by Crippen LogP contribution is 2.20. The summed E-state index contributed by atoms with van der Waals surface area (Å²) in [5.74, 6) is -0.604. The highest BCUT2D eigenvalue weighted by molar-refractivity contribution is 6.05. The minimum atomic E-state index is -1.02. The molecule has 6 heteroatoms. The van der Waals surface area contributed by atoms with Gasteiger partial charge in [-0.05, 0) is 48.9 Å². The van der Waals surface area contributed by atoms with Crippen molar-refractivity contribution in [2.45, 2.75) is 25.9 Å². The summed E-state index contributed by atoms with van der Waals surface area (Å²) in [5, 5.41) is 11.9. The molecule has 0 bridgehead atoms. The number of anilines is 1. The lowest BCUT2D eigenvalue weighted by molar-refractivity contribution is 0.0255. The fraction of sp³-hybridized carbons (Fsp3) is 0.300. The first-order valence-corrected chi connectivity index (χ1v) is 8.52. The molecule has 3 rings (SSSR count). The molecule has 0 radical (unpaired) electrons. The number of benzene rings is 2. The standard InChI is InChI=1S/C20H21NO5/c1-13-2-5-15(12-18(13)20(23)24)21-19(22)14-3-6-16(7-4-14)26-17-8-10-25-11-9-17/h2-7,12,17H,8-11H2,1H3,(H,21,22)(H,23,24). The van der Waals surface area contributed by atoms with E-state index < -0.39 is 5.97 Å². The Labute approximate surface area is 151 Å². The number of hydrogen-bond acceptors (Lipinski definition) is 4. The Balaban J connectivity index is 1.64. The smallest absolute Gasteiger partial charge is 0.336 e. The molecule has 0 aromatic heterocycles. The average molecular weight is 355 g/mol. The van der Waals surface area contributed by atoms with E-state index in [1.165, 1.54) is 6.07 Å². The monoisotopic (exact) mass is 355 g/mol. The summed E-state index contributed by atoms with van der Waals surface area (Å²) in [5.41, 5.74) is 1.73. The van der Waals surface area contributed by atoms with Crippen LogP contribution in [0.15, 0.2) is 42.5 Å². The van der Waals surface area contributed by atoms with Crippen molar-refractivity contribution in [1.29, 1.82) is 0 Å². The molecule has 1 aliphatic rings. The lowest BCUT2D eigenvalue weighted by atomic mass is 10.1. The number of nitrogens with one attached hydrogen (secondary N) is 1. The second-order valence-corrected chi connectivity index (χ2v) is 6.24. The number of amides is 1. The lowest BCUT2D eigenvalue weighted by Crippen LogP contribution is -2.25. The molecule has 0 atom stereocenters. The summed E-state index contributed by atoms with van der Waals surface area (Å²) in [6.07, 6.45) is 1.87. The van der Waals surface area contributed by atoms with E-state index >= 15 is 0 Å². The van der Waals surface area contributed by atoms with Crippen LogP contribution in [0.5, 0.6) is 5.75 Å². The van der Waals surface area contributed by atoms with E-state index in [-0.39, 0.29) is 17.6 Å². The molecule has 1 amide bonds. The van der Waals surface area contributed by atoms with Crippen molar-refractivity contribution in [1.82, 2.24) is 0 Å². The fourth-order valence-electron chi connectivity index (χ4n) is 2.80. The summed E-state index contributed by atoms with van der Waals surface area (Å²) < 4.78 is 11.2. The normalized spacial score (nSPS) is 14.7. The predicted molar refractivity (Wildman–Crippen MR) is 97.0 cm³/mol. The Morgan fingerprint density at radius 3 is 2.46 bits per heavy atom. The Morgan fingerprint density at radius 2 is 1.81 bits per heavy atom. The van der Waals surface area contributed by atoms with E-state index in [0.29, 0.717) is 30.0 Å². The van der Waals surface area contributed by atoms with Crippen LogP contribution in [0.25, 0.3) is 0 Å². The van der Waals surface area contributed by atoms with Crippen molar-refractivity contribution in [2.75, 3.05) is 18.5 Å². The van der Waals surface area contributed by atoms with Crippen molar-refractivity contribution in [2.24, 2.45) is 0 Å². The second-order valence-electron chi connectivity index (χ2n) is 6.24.